The van der Waals surface area contributed by atoms with Crippen LogP contribution < -0.4 is 0 Å². The summed E-state index contributed by atoms with van der Waals surface area (Å²) in [5.41, 5.74) is 0.571. The Hall–Kier alpha value is -3.28. The van der Waals surface area contributed by atoms with Crippen LogP contribution in [0.25, 0.3) is 11.0 Å². The van der Waals surface area contributed by atoms with Crippen molar-refractivity contribution in [3.8, 4) is 0 Å². The molecule has 9 nitrogen and oxygen atoms in total. The van der Waals surface area contributed by atoms with E-state index >= 15 is 0 Å². The summed E-state index contributed by atoms with van der Waals surface area (Å²) in [6, 6.07) is 9.81. The van der Waals surface area contributed by atoms with Crippen LogP contribution in [0.4, 0.5) is 4.39 Å². The van der Waals surface area contributed by atoms with Crippen LogP contribution in [0.3, 0.4) is 0 Å². The fourth-order valence-electron chi connectivity index (χ4n) is 3.58. The summed E-state index contributed by atoms with van der Waals surface area (Å²) in [5.74, 6) is -2.66. The molecule has 1 aliphatic rings. The van der Waals surface area contributed by atoms with Crippen molar-refractivity contribution in [2.75, 3.05) is 32.9 Å². The summed E-state index contributed by atoms with van der Waals surface area (Å²) in [6.07, 6.45) is 0. The summed E-state index contributed by atoms with van der Waals surface area (Å²) < 4.78 is 62.4. The molecular weight excluding hydrogens is 469 g/mol. The maximum atomic E-state index is 14.4. The highest BCUT2D eigenvalue weighted by Gasteiger charge is 2.30. The Balaban J connectivity index is 1.59. The second kappa shape index (κ2) is 9.92. The SMILES string of the molecule is CCOC(=O)c1oc2ccccc2c1COC(=O)c1ccc(F)c(S(=O)(=O)N2CCOCC2)c1. The molecule has 1 aliphatic heterocycles. The minimum Gasteiger partial charge on any atom is -0.460 e. The Bertz CT molecular complexity index is 1330. The van der Waals surface area contributed by atoms with Crippen LogP contribution >= 0.6 is 0 Å². The van der Waals surface area contributed by atoms with Gasteiger partial charge in [0.05, 0.1) is 30.9 Å². The number of nitrogens with zero attached hydrogens (tertiary/aromatic N) is 1. The topological polar surface area (TPSA) is 112 Å². The predicted octanol–water partition coefficient (Wildman–Crippen LogP) is 3.13. The Morgan fingerprint density at radius 3 is 2.53 bits per heavy atom. The van der Waals surface area contributed by atoms with Crippen molar-refractivity contribution in [3.05, 3.63) is 65.2 Å². The number of rotatable bonds is 7. The molecule has 1 fully saturated rings. The Morgan fingerprint density at radius 2 is 1.79 bits per heavy atom. The van der Waals surface area contributed by atoms with Crippen molar-refractivity contribution in [1.82, 2.24) is 4.31 Å². The van der Waals surface area contributed by atoms with Crippen LogP contribution in [0, 0.1) is 5.82 Å². The lowest BCUT2D eigenvalue weighted by atomic mass is 10.1. The quantitative estimate of drug-likeness (QED) is 0.464. The molecule has 180 valence electrons. The van der Waals surface area contributed by atoms with Gasteiger partial charge in [0.1, 0.15) is 22.9 Å². The highest BCUT2D eigenvalue weighted by Crippen LogP contribution is 2.28. The van der Waals surface area contributed by atoms with Gasteiger partial charge in [-0.25, -0.2) is 22.4 Å². The first-order valence-corrected chi connectivity index (χ1v) is 12.0. The van der Waals surface area contributed by atoms with E-state index in [1.54, 1.807) is 31.2 Å². The fourth-order valence-corrected chi connectivity index (χ4v) is 5.08. The van der Waals surface area contributed by atoms with Gasteiger partial charge in [0, 0.05) is 18.5 Å². The van der Waals surface area contributed by atoms with Crippen LogP contribution in [-0.2, 0) is 30.8 Å². The highest BCUT2D eigenvalue weighted by atomic mass is 32.2. The van der Waals surface area contributed by atoms with E-state index in [9.17, 15) is 22.4 Å². The molecule has 0 spiro atoms. The summed E-state index contributed by atoms with van der Waals surface area (Å²) in [4.78, 5) is 24.4. The molecule has 0 atom stereocenters. The molecule has 0 bridgehead atoms. The maximum Gasteiger partial charge on any atom is 0.374 e. The van der Waals surface area contributed by atoms with Crippen LogP contribution in [0.2, 0.25) is 0 Å². The lowest BCUT2D eigenvalue weighted by Gasteiger charge is -2.26. The molecule has 3 aromatic rings. The minimum atomic E-state index is -4.17. The number of esters is 2. The number of carbonyl (C=O) groups is 2. The van der Waals surface area contributed by atoms with Gasteiger partial charge >= 0.3 is 11.9 Å². The fraction of sp³-hybridized carbons (Fsp3) is 0.304. The summed E-state index contributed by atoms with van der Waals surface area (Å²) in [5, 5.41) is 0.563. The van der Waals surface area contributed by atoms with Crippen LogP contribution in [0.15, 0.2) is 51.8 Å². The van der Waals surface area contributed by atoms with E-state index in [0.717, 1.165) is 22.5 Å². The number of hydrogen-bond donors (Lipinski definition) is 0. The van der Waals surface area contributed by atoms with Crippen molar-refractivity contribution >= 4 is 32.9 Å². The largest absolute Gasteiger partial charge is 0.460 e. The van der Waals surface area contributed by atoms with E-state index in [1.807, 2.05) is 0 Å². The van der Waals surface area contributed by atoms with E-state index in [4.69, 9.17) is 18.6 Å². The molecule has 34 heavy (non-hydrogen) atoms. The first-order chi connectivity index (χ1) is 16.3. The number of ether oxygens (including phenoxy) is 3. The number of fused-ring (bicyclic) bond motifs is 1. The van der Waals surface area contributed by atoms with Crippen LogP contribution in [0.1, 0.15) is 33.4 Å². The van der Waals surface area contributed by atoms with Crippen molar-refractivity contribution < 1.29 is 41.0 Å². The minimum absolute atomic E-state index is 0.0840. The van der Waals surface area contributed by atoms with Gasteiger partial charge in [0.15, 0.2) is 0 Å². The average Bonchev–Trinajstić information content (AvgIpc) is 3.22. The van der Waals surface area contributed by atoms with Gasteiger partial charge in [-0.05, 0) is 31.2 Å². The molecule has 0 radical (unpaired) electrons. The van der Waals surface area contributed by atoms with Gasteiger partial charge in [-0.15, -0.1) is 0 Å². The predicted molar refractivity (Wildman–Crippen MR) is 117 cm³/mol. The van der Waals surface area contributed by atoms with Crippen LogP contribution in [0.5, 0.6) is 0 Å². The number of carbonyl (C=O) groups excluding carboxylic acids is 2. The molecule has 0 saturated carbocycles. The number of hydrogen-bond acceptors (Lipinski definition) is 8. The molecule has 0 N–H and O–H groups in total. The van der Waals surface area contributed by atoms with Crippen LogP contribution in [-0.4, -0.2) is 57.6 Å². The summed E-state index contributed by atoms with van der Waals surface area (Å²) in [7, 11) is -4.17. The van der Waals surface area contributed by atoms with E-state index in [2.05, 4.69) is 0 Å². The first kappa shape index (κ1) is 23.9. The Kier molecular flexibility index (Phi) is 6.96. The first-order valence-electron chi connectivity index (χ1n) is 10.5. The van der Waals surface area contributed by atoms with Gasteiger partial charge in [-0.3, -0.25) is 0 Å². The number of furan rings is 1. The summed E-state index contributed by atoms with van der Waals surface area (Å²) in [6.45, 7) is 2.00. The zero-order valence-electron chi connectivity index (χ0n) is 18.3. The molecule has 1 saturated heterocycles. The molecule has 4 rings (SSSR count). The molecular formula is C23H22FNO8S. The monoisotopic (exact) mass is 491 g/mol. The normalized spacial score (nSPS) is 14.8. The molecule has 0 amide bonds. The van der Waals surface area contributed by atoms with E-state index in [-0.39, 0.29) is 50.8 Å². The molecule has 0 unspecified atom stereocenters. The molecule has 0 aliphatic carbocycles. The third kappa shape index (κ3) is 4.67. The third-order valence-corrected chi connectivity index (χ3v) is 7.18. The molecule has 1 aromatic heterocycles. The van der Waals surface area contributed by atoms with Gasteiger partial charge in [-0.1, -0.05) is 18.2 Å². The van der Waals surface area contributed by atoms with Gasteiger partial charge in [0.25, 0.3) is 0 Å². The zero-order valence-corrected chi connectivity index (χ0v) is 19.1. The zero-order chi connectivity index (χ0) is 24.3. The highest BCUT2D eigenvalue weighted by molar-refractivity contribution is 7.89. The van der Waals surface area contributed by atoms with Crippen molar-refractivity contribution in [2.45, 2.75) is 18.4 Å². The molecule has 2 aromatic carbocycles. The number of morpholine rings is 1. The second-order valence-electron chi connectivity index (χ2n) is 7.36. The van der Waals surface area contributed by atoms with E-state index in [1.165, 1.54) is 0 Å². The standard InChI is InChI=1S/C23H22FNO8S/c1-2-31-23(27)21-17(16-5-3-4-6-19(16)33-21)14-32-22(26)15-7-8-18(24)20(13-15)34(28,29)25-9-11-30-12-10-25/h3-8,13H,2,9-12,14H2,1H3. The van der Waals surface area contributed by atoms with E-state index in [0.29, 0.717) is 16.5 Å². The van der Waals surface area contributed by atoms with E-state index < -0.39 is 32.7 Å². The lowest BCUT2D eigenvalue weighted by Crippen LogP contribution is -2.41. The Morgan fingerprint density at radius 1 is 1.06 bits per heavy atom. The van der Waals surface area contributed by atoms with Gasteiger partial charge < -0.3 is 18.6 Å². The van der Waals surface area contributed by atoms with Crippen molar-refractivity contribution in [2.24, 2.45) is 0 Å². The van der Waals surface area contributed by atoms with Crippen molar-refractivity contribution in [1.29, 1.82) is 0 Å². The number of benzene rings is 2. The average molecular weight is 491 g/mol. The number of sulfonamides is 1. The number of halogens is 1. The number of para-hydroxylation sites is 1. The third-order valence-electron chi connectivity index (χ3n) is 5.26. The van der Waals surface area contributed by atoms with Gasteiger partial charge in [0.2, 0.25) is 15.8 Å². The molecule has 2 heterocycles. The smallest absolute Gasteiger partial charge is 0.374 e. The second-order valence-corrected chi connectivity index (χ2v) is 9.27. The molecule has 11 heteroatoms. The Labute approximate surface area is 195 Å². The van der Waals surface area contributed by atoms with Gasteiger partial charge in [-0.2, -0.15) is 4.31 Å². The summed E-state index contributed by atoms with van der Waals surface area (Å²) >= 11 is 0. The maximum absolute atomic E-state index is 14.4. The lowest BCUT2D eigenvalue weighted by molar-refractivity contribution is 0.0435. The van der Waals surface area contributed by atoms with Crippen molar-refractivity contribution in [3.63, 3.8) is 0 Å².